The molecular weight excluding hydrogens is 124 g/mol. The molecule has 0 spiro atoms. The van der Waals surface area contributed by atoms with Gasteiger partial charge in [0.2, 0.25) is 0 Å². The minimum Gasteiger partial charge on any atom is -0.387 e. The molecule has 2 heterocycles. The summed E-state index contributed by atoms with van der Waals surface area (Å²) in [5, 5.41) is 6.56. The fourth-order valence-corrected chi connectivity index (χ4v) is 1.47. The van der Waals surface area contributed by atoms with Gasteiger partial charge in [0.25, 0.3) is 0 Å². The third-order valence-electron chi connectivity index (χ3n) is 2.09. The lowest BCUT2D eigenvalue weighted by molar-refractivity contribution is 0.658. The molecule has 0 aromatic rings. The number of rotatable bonds is 0. The summed E-state index contributed by atoms with van der Waals surface area (Å²) in [5.41, 5.74) is 3.08. The summed E-state index contributed by atoms with van der Waals surface area (Å²) < 4.78 is 0. The van der Waals surface area contributed by atoms with E-state index in [9.17, 15) is 0 Å². The molecule has 0 atom stereocenters. The maximum Gasteiger partial charge on any atom is 0.0361 e. The van der Waals surface area contributed by atoms with E-state index in [-0.39, 0.29) is 0 Å². The molecule has 0 unspecified atom stereocenters. The third kappa shape index (κ3) is 0.948. The zero-order chi connectivity index (χ0) is 6.81. The van der Waals surface area contributed by atoms with Crippen LogP contribution in [-0.2, 0) is 0 Å². The molecule has 2 nitrogen and oxygen atoms in total. The topological polar surface area (TPSA) is 24.1 Å². The second-order valence-corrected chi connectivity index (χ2v) is 2.77. The van der Waals surface area contributed by atoms with Crippen molar-refractivity contribution in [3.63, 3.8) is 0 Å². The smallest absolute Gasteiger partial charge is 0.0361 e. The average Bonchev–Trinajstić information content (AvgIpc) is 2.05. The van der Waals surface area contributed by atoms with Crippen molar-refractivity contribution in [1.82, 2.24) is 10.6 Å². The Balaban J connectivity index is 2.23. The Labute approximate surface area is 61.0 Å². The maximum absolute atomic E-state index is 3.35. The molecular formula is C8H12N2. The van der Waals surface area contributed by atoms with Crippen LogP contribution < -0.4 is 10.6 Å². The van der Waals surface area contributed by atoms with Gasteiger partial charge in [0.15, 0.2) is 0 Å². The molecule has 0 fully saturated rings. The van der Waals surface area contributed by atoms with E-state index < -0.39 is 0 Å². The zero-order valence-electron chi connectivity index (χ0n) is 5.98. The maximum atomic E-state index is 3.35. The van der Waals surface area contributed by atoms with Crippen molar-refractivity contribution < 1.29 is 0 Å². The zero-order valence-corrected chi connectivity index (χ0v) is 5.98. The number of nitrogens with one attached hydrogen (secondary N) is 2. The molecule has 0 saturated carbocycles. The number of dihydropyridines is 1. The van der Waals surface area contributed by atoms with Crippen molar-refractivity contribution >= 4 is 0 Å². The Morgan fingerprint density at radius 1 is 1.30 bits per heavy atom. The first-order valence-corrected chi connectivity index (χ1v) is 3.78. The molecule has 0 aromatic carbocycles. The lowest BCUT2D eigenvalue weighted by Gasteiger charge is -2.22. The predicted octanol–water partition coefficient (Wildman–Crippen LogP) is 0.393. The molecule has 54 valence electrons. The Hall–Kier alpha value is -0.760. The minimum absolute atomic E-state index is 1.06. The van der Waals surface area contributed by atoms with E-state index in [1.54, 1.807) is 5.57 Å². The van der Waals surface area contributed by atoms with E-state index in [1.807, 2.05) is 6.20 Å². The summed E-state index contributed by atoms with van der Waals surface area (Å²) in [6.45, 7) is 3.27. The van der Waals surface area contributed by atoms with Gasteiger partial charge in [0, 0.05) is 13.1 Å². The summed E-state index contributed by atoms with van der Waals surface area (Å²) >= 11 is 0. The summed E-state index contributed by atoms with van der Waals surface area (Å²) in [7, 11) is 0. The largest absolute Gasteiger partial charge is 0.387 e. The molecule has 0 aromatic heterocycles. The van der Waals surface area contributed by atoms with E-state index in [2.05, 4.69) is 16.7 Å². The number of hydrogen-bond donors (Lipinski definition) is 2. The Bertz CT molecular complexity index is 191. The van der Waals surface area contributed by atoms with Crippen molar-refractivity contribution in [1.29, 1.82) is 0 Å². The van der Waals surface area contributed by atoms with Gasteiger partial charge >= 0.3 is 0 Å². The van der Waals surface area contributed by atoms with Crippen molar-refractivity contribution in [2.45, 2.75) is 6.42 Å². The molecule has 2 rings (SSSR count). The normalized spacial score (nSPS) is 24.0. The molecule has 0 amide bonds. The van der Waals surface area contributed by atoms with Crippen molar-refractivity contribution in [2.75, 3.05) is 19.6 Å². The van der Waals surface area contributed by atoms with E-state index in [0.717, 1.165) is 19.6 Å². The van der Waals surface area contributed by atoms with Gasteiger partial charge in [-0.15, -0.1) is 0 Å². The SMILES string of the molecule is C1=CC2=C(CCNC2)CN1. The Morgan fingerprint density at radius 2 is 2.30 bits per heavy atom. The van der Waals surface area contributed by atoms with E-state index >= 15 is 0 Å². The van der Waals surface area contributed by atoms with Gasteiger partial charge in [-0.25, -0.2) is 0 Å². The van der Waals surface area contributed by atoms with Crippen LogP contribution in [0.2, 0.25) is 0 Å². The van der Waals surface area contributed by atoms with Crippen LogP contribution in [0.1, 0.15) is 6.42 Å². The van der Waals surface area contributed by atoms with Gasteiger partial charge < -0.3 is 10.6 Å². The summed E-state index contributed by atoms with van der Waals surface area (Å²) in [4.78, 5) is 0. The Kier molecular flexibility index (Phi) is 1.47. The molecule has 0 bridgehead atoms. The van der Waals surface area contributed by atoms with Crippen LogP contribution in [0.5, 0.6) is 0 Å². The average molecular weight is 136 g/mol. The van der Waals surface area contributed by atoms with Crippen LogP contribution in [0.3, 0.4) is 0 Å². The predicted molar refractivity (Wildman–Crippen MR) is 41.7 cm³/mol. The van der Waals surface area contributed by atoms with E-state index in [1.165, 1.54) is 12.0 Å². The molecule has 2 heteroatoms. The van der Waals surface area contributed by atoms with Crippen LogP contribution in [0.25, 0.3) is 0 Å². The quantitative estimate of drug-likeness (QED) is 0.503. The molecule has 2 aliphatic heterocycles. The van der Waals surface area contributed by atoms with Gasteiger partial charge in [-0.05, 0) is 36.4 Å². The van der Waals surface area contributed by atoms with Crippen molar-refractivity contribution in [3.05, 3.63) is 23.4 Å². The minimum atomic E-state index is 1.06. The number of hydrogen-bond acceptors (Lipinski definition) is 2. The second kappa shape index (κ2) is 2.46. The van der Waals surface area contributed by atoms with Gasteiger partial charge in [-0.2, -0.15) is 0 Å². The van der Waals surface area contributed by atoms with Crippen LogP contribution in [-0.4, -0.2) is 19.6 Å². The standard InChI is InChI=1S/C8H12N2/c1-3-9-6-8-2-4-10-5-7(1)8/h1,3,9-10H,2,4-6H2. The molecule has 0 aliphatic carbocycles. The van der Waals surface area contributed by atoms with Crippen molar-refractivity contribution in [2.24, 2.45) is 0 Å². The summed E-state index contributed by atoms with van der Waals surface area (Å²) in [6, 6.07) is 0. The molecule has 0 saturated heterocycles. The van der Waals surface area contributed by atoms with E-state index in [0.29, 0.717) is 0 Å². The van der Waals surface area contributed by atoms with Crippen LogP contribution in [0, 0.1) is 0 Å². The summed E-state index contributed by atoms with van der Waals surface area (Å²) in [6.07, 6.45) is 5.42. The monoisotopic (exact) mass is 136 g/mol. The first-order chi connectivity index (χ1) is 4.97. The third-order valence-corrected chi connectivity index (χ3v) is 2.09. The highest BCUT2D eigenvalue weighted by atomic mass is 14.9. The van der Waals surface area contributed by atoms with Gasteiger partial charge in [-0.1, -0.05) is 0 Å². The first kappa shape index (κ1) is 5.98. The Morgan fingerprint density at radius 3 is 3.20 bits per heavy atom. The second-order valence-electron chi connectivity index (χ2n) is 2.77. The van der Waals surface area contributed by atoms with E-state index in [4.69, 9.17) is 0 Å². The first-order valence-electron chi connectivity index (χ1n) is 3.78. The molecule has 10 heavy (non-hydrogen) atoms. The highest BCUT2D eigenvalue weighted by Gasteiger charge is 2.10. The van der Waals surface area contributed by atoms with Crippen LogP contribution >= 0.6 is 0 Å². The van der Waals surface area contributed by atoms with Gasteiger partial charge in [0.05, 0.1) is 0 Å². The highest BCUT2D eigenvalue weighted by molar-refractivity contribution is 5.32. The van der Waals surface area contributed by atoms with Gasteiger partial charge in [-0.3, -0.25) is 0 Å². The molecule has 2 aliphatic rings. The van der Waals surface area contributed by atoms with Crippen LogP contribution in [0.15, 0.2) is 23.4 Å². The van der Waals surface area contributed by atoms with Crippen LogP contribution in [0.4, 0.5) is 0 Å². The highest BCUT2D eigenvalue weighted by Crippen LogP contribution is 2.14. The fraction of sp³-hybridized carbons (Fsp3) is 0.500. The lowest BCUT2D eigenvalue weighted by Crippen LogP contribution is -2.29. The summed E-state index contributed by atoms with van der Waals surface area (Å²) in [5.74, 6) is 0. The fourth-order valence-electron chi connectivity index (χ4n) is 1.47. The van der Waals surface area contributed by atoms with Gasteiger partial charge in [0.1, 0.15) is 0 Å². The van der Waals surface area contributed by atoms with Crippen molar-refractivity contribution in [3.8, 4) is 0 Å². The molecule has 2 N–H and O–H groups in total. The molecule has 0 radical (unpaired) electrons. The lowest BCUT2D eigenvalue weighted by atomic mass is 10.00.